The fourth-order valence-electron chi connectivity index (χ4n) is 4.42. The van der Waals surface area contributed by atoms with E-state index in [1.54, 1.807) is 6.92 Å². The van der Waals surface area contributed by atoms with Crippen LogP contribution in [0.5, 0.6) is 0 Å². The highest BCUT2D eigenvalue weighted by Gasteiger charge is 2.22. The van der Waals surface area contributed by atoms with Gasteiger partial charge in [-0.15, -0.1) is 0 Å². The summed E-state index contributed by atoms with van der Waals surface area (Å²) in [6.07, 6.45) is 0. The molecule has 7 heteroatoms. The van der Waals surface area contributed by atoms with Gasteiger partial charge in [-0.1, -0.05) is 5.16 Å². The Kier molecular flexibility index (Phi) is 5.46. The van der Waals surface area contributed by atoms with Crippen molar-refractivity contribution in [2.45, 2.75) is 20.8 Å². The molecule has 0 bridgehead atoms. The molecule has 2 aromatic carbocycles. The molecule has 5 rings (SSSR count). The largest absolute Gasteiger partial charge is 0.368 e. The summed E-state index contributed by atoms with van der Waals surface area (Å²) >= 11 is 0. The summed E-state index contributed by atoms with van der Waals surface area (Å²) in [5.74, 6) is 1.24. The summed E-state index contributed by atoms with van der Waals surface area (Å²) in [5, 5.41) is 3.97. The topological polar surface area (TPSA) is 67.4 Å². The number of rotatable bonds is 4. The lowest BCUT2D eigenvalue weighted by molar-refractivity contribution is 0.0747. The van der Waals surface area contributed by atoms with E-state index >= 15 is 0 Å². The van der Waals surface area contributed by atoms with E-state index in [-0.39, 0.29) is 5.91 Å². The Balaban J connectivity index is 1.21. The van der Waals surface area contributed by atoms with Crippen molar-refractivity contribution in [3.63, 3.8) is 0 Å². The minimum Gasteiger partial charge on any atom is -0.368 e. The van der Waals surface area contributed by atoms with Crippen molar-refractivity contribution in [1.29, 1.82) is 0 Å². The zero-order valence-electron chi connectivity index (χ0n) is 19.2. The van der Waals surface area contributed by atoms with E-state index < -0.39 is 0 Å². The van der Waals surface area contributed by atoms with Crippen LogP contribution in [0.3, 0.4) is 0 Å². The highest BCUT2D eigenvalue weighted by atomic mass is 16.5. The van der Waals surface area contributed by atoms with Gasteiger partial charge in [-0.25, -0.2) is 0 Å². The van der Waals surface area contributed by atoms with E-state index in [4.69, 9.17) is 4.52 Å². The molecule has 7 nitrogen and oxygen atoms in total. The standard InChI is InChI=1S/C26H27N5O2/c1-18-4-5-19(2)31(18)24-12-8-22(9-13-24)26(32)30-16-14-29(15-17-30)23-10-6-21(7-11-23)25-27-20(3)33-28-25/h4-13H,14-17H2,1-3H3. The number of nitrogens with zero attached hydrogens (tertiary/aromatic N) is 5. The van der Waals surface area contributed by atoms with Gasteiger partial charge in [0.05, 0.1) is 0 Å². The Hall–Kier alpha value is -3.87. The van der Waals surface area contributed by atoms with E-state index in [9.17, 15) is 4.79 Å². The fourth-order valence-corrected chi connectivity index (χ4v) is 4.42. The van der Waals surface area contributed by atoms with Gasteiger partial charge in [0.25, 0.3) is 5.91 Å². The molecule has 168 valence electrons. The van der Waals surface area contributed by atoms with E-state index in [0.29, 0.717) is 24.8 Å². The second kappa shape index (κ2) is 8.58. The van der Waals surface area contributed by atoms with E-state index in [0.717, 1.165) is 35.6 Å². The van der Waals surface area contributed by atoms with E-state index in [2.05, 4.69) is 57.7 Å². The van der Waals surface area contributed by atoms with Crippen LogP contribution in [-0.2, 0) is 0 Å². The predicted octanol–water partition coefficient (Wildman–Crippen LogP) is 4.41. The first-order valence-corrected chi connectivity index (χ1v) is 11.2. The maximum Gasteiger partial charge on any atom is 0.253 e. The molecule has 4 aromatic rings. The number of aryl methyl sites for hydroxylation is 3. The number of benzene rings is 2. The summed E-state index contributed by atoms with van der Waals surface area (Å²) in [6.45, 7) is 8.95. The Morgan fingerprint density at radius 3 is 1.97 bits per heavy atom. The highest BCUT2D eigenvalue weighted by molar-refractivity contribution is 5.94. The highest BCUT2D eigenvalue weighted by Crippen LogP contribution is 2.23. The van der Waals surface area contributed by atoms with E-state index in [1.165, 1.54) is 11.4 Å². The minimum absolute atomic E-state index is 0.0879. The summed E-state index contributed by atoms with van der Waals surface area (Å²) in [6, 6.07) is 20.3. The van der Waals surface area contributed by atoms with Crippen molar-refractivity contribution in [1.82, 2.24) is 19.6 Å². The number of anilines is 1. The lowest BCUT2D eigenvalue weighted by atomic mass is 10.1. The number of aromatic nitrogens is 3. The molecule has 1 aliphatic rings. The zero-order chi connectivity index (χ0) is 22.9. The molecule has 0 N–H and O–H groups in total. The minimum atomic E-state index is 0.0879. The molecule has 1 saturated heterocycles. The Labute approximate surface area is 193 Å². The third kappa shape index (κ3) is 4.14. The molecule has 2 aromatic heterocycles. The Morgan fingerprint density at radius 2 is 1.39 bits per heavy atom. The van der Waals surface area contributed by atoms with Gasteiger partial charge in [0, 0.05) is 67.0 Å². The Bertz CT molecular complexity index is 1240. The lowest BCUT2D eigenvalue weighted by Crippen LogP contribution is -2.48. The maximum absolute atomic E-state index is 13.1. The van der Waals surface area contributed by atoms with E-state index in [1.807, 2.05) is 41.3 Å². The molecule has 1 aliphatic heterocycles. The van der Waals surface area contributed by atoms with Gasteiger partial charge in [-0.2, -0.15) is 4.98 Å². The molecule has 0 unspecified atom stereocenters. The second-order valence-corrected chi connectivity index (χ2v) is 8.46. The third-order valence-corrected chi connectivity index (χ3v) is 6.23. The molecular weight excluding hydrogens is 414 g/mol. The first kappa shape index (κ1) is 21.0. The maximum atomic E-state index is 13.1. The summed E-state index contributed by atoms with van der Waals surface area (Å²) in [5.41, 5.74) is 6.24. The van der Waals surface area contributed by atoms with Crippen LogP contribution in [0.2, 0.25) is 0 Å². The molecule has 0 aliphatic carbocycles. The van der Waals surface area contributed by atoms with Crippen molar-refractivity contribution < 1.29 is 9.32 Å². The first-order chi connectivity index (χ1) is 16.0. The number of carbonyl (C=O) groups is 1. The molecule has 0 atom stereocenters. The SMILES string of the molecule is Cc1nc(-c2ccc(N3CCN(C(=O)c4ccc(-n5c(C)ccc5C)cc4)CC3)cc2)no1. The summed E-state index contributed by atoms with van der Waals surface area (Å²) in [4.78, 5) is 21.6. The quantitative estimate of drug-likeness (QED) is 0.469. The fraction of sp³-hybridized carbons (Fsp3) is 0.269. The van der Waals surface area contributed by atoms with Crippen molar-refractivity contribution >= 4 is 11.6 Å². The lowest BCUT2D eigenvalue weighted by Gasteiger charge is -2.36. The van der Waals surface area contributed by atoms with Gasteiger partial charge in [0.2, 0.25) is 11.7 Å². The van der Waals surface area contributed by atoms with Gasteiger partial charge in [-0.3, -0.25) is 4.79 Å². The zero-order valence-corrected chi connectivity index (χ0v) is 19.2. The molecule has 33 heavy (non-hydrogen) atoms. The number of carbonyl (C=O) groups excluding carboxylic acids is 1. The molecule has 3 heterocycles. The van der Waals surface area contributed by atoms with Gasteiger partial charge >= 0.3 is 0 Å². The van der Waals surface area contributed by atoms with Crippen molar-refractivity contribution in [3.05, 3.63) is 83.5 Å². The van der Waals surface area contributed by atoms with Crippen molar-refractivity contribution in [3.8, 4) is 17.1 Å². The Morgan fingerprint density at radius 1 is 0.788 bits per heavy atom. The number of hydrogen-bond acceptors (Lipinski definition) is 5. The first-order valence-electron chi connectivity index (χ1n) is 11.2. The second-order valence-electron chi connectivity index (χ2n) is 8.46. The molecule has 1 amide bonds. The average Bonchev–Trinajstić information content (AvgIpc) is 3.43. The molecular formula is C26H27N5O2. The van der Waals surface area contributed by atoms with Crippen LogP contribution < -0.4 is 4.90 Å². The number of piperazine rings is 1. The average molecular weight is 442 g/mol. The van der Waals surface area contributed by atoms with Crippen LogP contribution in [0.4, 0.5) is 5.69 Å². The van der Waals surface area contributed by atoms with Gasteiger partial charge in [-0.05, 0) is 74.5 Å². The molecule has 1 fully saturated rings. The summed E-state index contributed by atoms with van der Waals surface area (Å²) in [7, 11) is 0. The van der Waals surface area contributed by atoms with Crippen LogP contribution in [0.25, 0.3) is 17.1 Å². The normalized spacial score (nSPS) is 14.0. The summed E-state index contributed by atoms with van der Waals surface area (Å²) < 4.78 is 7.25. The van der Waals surface area contributed by atoms with Crippen molar-refractivity contribution in [2.75, 3.05) is 31.1 Å². The number of amides is 1. The van der Waals surface area contributed by atoms with Gasteiger partial charge in [0.1, 0.15) is 0 Å². The smallest absolute Gasteiger partial charge is 0.253 e. The van der Waals surface area contributed by atoms with Crippen LogP contribution >= 0.6 is 0 Å². The van der Waals surface area contributed by atoms with Gasteiger partial charge in [0.15, 0.2) is 0 Å². The van der Waals surface area contributed by atoms with Crippen LogP contribution in [-0.4, -0.2) is 51.7 Å². The predicted molar refractivity (Wildman–Crippen MR) is 128 cm³/mol. The molecule has 0 radical (unpaired) electrons. The van der Waals surface area contributed by atoms with Crippen LogP contribution in [0.15, 0.2) is 65.2 Å². The van der Waals surface area contributed by atoms with Crippen molar-refractivity contribution in [2.24, 2.45) is 0 Å². The molecule has 0 spiro atoms. The van der Waals surface area contributed by atoms with Gasteiger partial charge < -0.3 is 18.9 Å². The third-order valence-electron chi connectivity index (χ3n) is 6.23. The number of hydrogen-bond donors (Lipinski definition) is 0. The monoisotopic (exact) mass is 441 g/mol. The van der Waals surface area contributed by atoms with Crippen LogP contribution in [0, 0.1) is 20.8 Å². The molecule has 0 saturated carbocycles. The van der Waals surface area contributed by atoms with Crippen LogP contribution in [0.1, 0.15) is 27.6 Å².